The molecule has 2 aromatic carbocycles. The van der Waals surface area contributed by atoms with Gasteiger partial charge in [0.2, 0.25) is 0 Å². The Kier molecular flexibility index (Phi) is 5.13. The fraction of sp³-hybridized carbons (Fsp3) is 0.125. The summed E-state index contributed by atoms with van der Waals surface area (Å²) >= 11 is 1.06. The van der Waals surface area contributed by atoms with E-state index in [0.717, 1.165) is 16.7 Å². The van der Waals surface area contributed by atoms with E-state index < -0.39 is 4.92 Å². The molecular weight excluding hydrogens is 316 g/mol. The van der Waals surface area contributed by atoms with Crippen molar-refractivity contribution in [2.24, 2.45) is 0 Å². The Labute approximate surface area is 137 Å². The number of nitro groups is 1. The highest BCUT2D eigenvalue weighted by Crippen LogP contribution is 2.22. The number of hydrogen-bond donors (Lipinski definition) is 0. The second-order valence-electron chi connectivity index (χ2n) is 4.92. The lowest BCUT2D eigenvalue weighted by Gasteiger charge is -2.09. The van der Waals surface area contributed by atoms with Crippen LogP contribution in [0.25, 0.3) is 0 Å². The monoisotopic (exact) mass is 330 g/mol. The molecule has 23 heavy (non-hydrogen) atoms. The van der Waals surface area contributed by atoms with Gasteiger partial charge in [-0.25, -0.2) is 0 Å². The smallest absolute Gasteiger partial charge is 0.285 e. The van der Waals surface area contributed by atoms with Gasteiger partial charge >= 0.3 is 0 Å². The van der Waals surface area contributed by atoms with Crippen LogP contribution >= 0.6 is 11.8 Å². The van der Waals surface area contributed by atoms with Crippen LogP contribution in [0.15, 0.2) is 53.4 Å². The van der Waals surface area contributed by atoms with Gasteiger partial charge in [-0.2, -0.15) is 0 Å². The van der Waals surface area contributed by atoms with E-state index >= 15 is 0 Å². The fourth-order valence-electron chi connectivity index (χ4n) is 1.79. The van der Waals surface area contributed by atoms with Gasteiger partial charge in [-0.05, 0) is 36.0 Å². The highest BCUT2D eigenvalue weighted by molar-refractivity contribution is 8.13. The summed E-state index contributed by atoms with van der Waals surface area (Å²) in [5, 5.41) is 10.7. The van der Waals surface area contributed by atoms with Crippen LogP contribution in [0.4, 0.5) is 10.5 Å². The molecule has 0 N–H and O–H groups in total. The van der Waals surface area contributed by atoms with Crippen molar-refractivity contribution < 1.29 is 14.5 Å². The molecule has 6 nitrogen and oxygen atoms in total. The average Bonchev–Trinajstić information content (AvgIpc) is 2.55. The standard InChI is InChI=1S/C16H14N2O4S/c1-17(2)16(20)23-14-8-6-11(7-9-14)15(19)12-4-3-5-13(10-12)18(21)22/h3-10H,1-2H3. The number of nitro benzene ring substituents is 1. The van der Waals surface area contributed by atoms with Gasteiger partial charge in [0.25, 0.3) is 10.9 Å². The highest BCUT2D eigenvalue weighted by Gasteiger charge is 2.14. The first-order valence-electron chi connectivity index (χ1n) is 6.67. The third kappa shape index (κ3) is 4.17. The summed E-state index contributed by atoms with van der Waals surface area (Å²) < 4.78 is 0. The molecule has 0 aromatic heterocycles. The van der Waals surface area contributed by atoms with Crippen molar-refractivity contribution in [3.05, 3.63) is 69.8 Å². The summed E-state index contributed by atoms with van der Waals surface area (Å²) in [6.07, 6.45) is 0. The Bertz CT molecular complexity index is 757. The van der Waals surface area contributed by atoms with Crippen LogP contribution in [0.3, 0.4) is 0 Å². The van der Waals surface area contributed by atoms with Crippen LogP contribution in [-0.2, 0) is 0 Å². The lowest BCUT2D eigenvalue weighted by Crippen LogP contribution is -2.16. The molecule has 0 saturated carbocycles. The normalized spacial score (nSPS) is 10.2. The number of amides is 1. The summed E-state index contributed by atoms with van der Waals surface area (Å²) in [6, 6.07) is 12.2. The number of ketones is 1. The van der Waals surface area contributed by atoms with Gasteiger partial charge in [-0.15, -0.1) is 0 Å². The third-order valence-corrected chi connectivity index (χ3v) is 4.05. The Morgan fingerprint density at radius 3 is 2.26 bits per heavy atom. The molecule has 2 aromatic rings. The number of non-ortho nitro benzene ring substituents is 1. The first-order chi connectivity index (χ1) is 10.9. The molecule has 0 fully saturated rings. The predicted molar refractivity (Wildman–Crippen MR) is 87.9 cm³/mol. The van der Waals surface area contributed by atoms with E-state index in [4.69, 9.17) is 0 Å². The zero-order chi connectivity index (χ0) is 17.0. The maximum atomic E-state index is 12.4. The number of benzene rings is 2. The Morgan fingerprint density at radius 2 is 1.70 bits per heavy atom. The molecule has 0 unspecified atom stereocenters. The van der Waals surface area contributed by atoms with E-state index in [2.05, 4.69) is 0 Å². The van der Waals surface area contributed by atoms with Crippen molar-refractivity contribution in [3.8, 4) is 0 Å². The molecule has 0 aliphatic rings. The van der Waals surface area contributed by atoms with E-state index in [1.165, 1.54) is 29.2 Å². The van der Waals surface area contributed by atoms with E-state index in [0.29, 0.717) is 5.56 Å². The number of thioether (sulfide) groups is 1. The van der Waals surface area contributed by atoms with Gasteiger partial charge in [0, 0.05) is 42.3 Å². The first-order valence-corrected chi connectivity index (χ1v) is 7.48. The lowest BCUT2D eigenvalue weighted by molar-refractivity contribution is -0.384. The molecule has 0 heterocycles. The maximum Gasteiger partial charge on any atom is 0.285 e. The van der Waals surface area contributed by atoms with Crippen molar-refractivity contribution >= 4 is 28.5 Å². The molecule has 0 bridgehead atoms. The quantitative estimate of drug-likeness (QED) is 0.370. The number of carbonyl (C=O) groups is 2. The summed E-state index contributed by atoms with van der Waals surface area (Å²) in [5.41, 5.74) is 0.538. The van der Waals surface area contributed by atoms with E-state index in [1.807, 2.05) is 0 Å². The largest absolute Gasteiger partial charge is 0.339 e. The van der Waals surface area contributed by atoms with Gasteiger partial charge in [0.05, 0.1) is 4.92 Å². The second-order valence-corrected chi connectivity index (χ2v) is 5.95. The SMILES string of the molecule is CN(C)C(=O)Sc1ccc(C(=O)c2cccc([N+](=O)[O-])c2)cc1. The maximum absolute atomic E-state index is 12.4. The molecule has 1 amide bonds. The van der Waals surface area contributed by atoms with Gasteiger partial charge < -0.3 is 4.90 Å². The summed E-state index contributed by atoms with van der Waals surface area (Å²) in [4.78, 5) is 36.4. The molecular formula is C16H14N2O4S. The number of nitrogens with zero attached hydrogens (tertiary/aromatic N) is 2. The fourth-order valence-corrected chi connectivity index (χ4v) is 2.45. The van der Waals surface area contributed by atoms with Gasteiger partial charge in [0.15, 0.2) is 5.78 Å². The third-order valence-electron chi connectivity index (χ3n) is 3.01. The van der Waals surface area contributed by atoms with Crippen molar-refractivity contribution in [1.29, 1.82) is 0 Å². The molecule has 0 saturated heterocycles. The van der Waals surface area contributed by atoms with Crippen molar-refractivity contribution in [2.75, 3.05) is 14.1 Å². The Hall–Kier alpha value is -2.67. The lowest BCUT2D eigenvalue weighted by atomic mass is 10.0. The molecule has 0 aliphatic carbocycles. The van der Waals surface area contributed by atoms with Crippen molar-refractivity contribution in [3.63, 3.8) is 0 Å². The molecule has 0 aliphatic heterocycles. The number of carbonyl (C=O) groups excluding carboxylic acids is 2. The first kappa shape index (κ1) is 16.7. The van der Waals surface area contributed by atoms with Gasteiger partial charge in [-0.1, -0.05) is 12.1 Å². The summed E-state index contributed by atoms with van der Waals surface area (Å²) in [5.74, 6) is -0.302. The highest BCUT2D eigenvalue weighted by atomic mass is 32.2. The van der Waals surface area contributed by atoms with Crippen LogP contribution in [0.5, 0.6) is 0 Å². The van der Waals surface area contributed by atoms with Crippen LogP contribution < -0.4 is 0 Å². The predicted octanol–water partition coefficient (Wildman–Crippen LogP) is 3.60. The molecule has 0 radical (unpaired) electrons. The zero-order valence-corrected chi connectivity index (χ0v) is 13.4. The Morgan fingerprint density at radius 1 is 1.04 bits per heavy atom. The molecule has 7 heteroatoms. The summed E-state index contributed by atoms with van der Waals surface area (Å²) in [6.45, 7) is 0. The van der Waals surface area contributed by atoms with Crippen LogP contribution in [0, 0.1) is 10.1 Å². The van der Waals surface area contributed by atoms with Gasteiger partial charge in [0.1, 0.15) is 0 Å². The second kappa shape index (κ2) is 7.06. The molecule has 118 valence electrons. The molecule has 0 atom stereocenters. The van der Waals surface area contributed by atoms with Crippen molar-refractivity contribution in [2.45, 2.75) is 4.90 Å². The van der Waals surface area contributed by atoms with Crippen LogP contribution in [-0.4, -0.2) is 34.9 Å². The number of hydrogen-bond acceptors (Lipinski definition) is 5. The minimum Gasteiger partial charge on any atom is -0.339 e. The van der Waals surface area contributed by atoms with E-state index in [-0.39, 0.29) is 22.3 Å². The minimum atomic E-state index is -0.538. The zero-order valence-electron chi connectivity index (χ0n) is 12.6. The van der Waals surface area contributed by atoms with E-state index in [9.17, 15) is 19.7 Å². The summed E-state index contributed by atoms with van der Waals surface area (Å²) in [7, 11) is 3.32. The molecule has 2 rings (SSSR count). The van der Waals surface area contributed by atoms with Gasteiger partial charge in [-0.3, -0.25) is 19.7 Å². The topological polar surface area (TPSA) is 80.5 Å². The average molecular weight is 330 g/mol. The Balaban J connectivity index is 2.19. The van der Waals surface area contributed by atoms with Crippen LogP contribution in [0.1, 0.15) is 15.9 Å². The minimum absolute atomic E-state index is 0.109. The molecule has 0 spiro atoms. The van der Waals surface area contributed by atoms with Crippen LogP contribution in [0.2, 0.25) is 0 Å². The van der Waals surface area contributed by atoms with E-state index in [1.54, 1.807) is 38.4 Å². The number of rotatable bonds is 4. The van der Waals surface area contributed by atoms with Crippen molar-refractivity contribution in [1.82, 2.24) is 4.90 Å².